The van der Waals surface area contributed by atoms with E-state index < -0.39 is 18.0 Å². The summed E-state index contributed by atoms with van der Waals surface area (Å²) in [6.45, 7) is 7.32. The Labute approximate surface area is 102 Å². The van der Waals surface area contributed by atoms with Crippen molar-refractivity contribution in [2.24, 2.45) is 5.92 Å². The highest BCUT2D eigenvalue weighted by Gasteiger charge is 2.12. The molecule has 0 spiro atoms. The van der Waals surface area contributed by atoms with Crippen molar-refractivity contribution < 1.29 is 19.4 Å². The van der Waals surface area contributed by atoms with E-state index in [-0.39, 0.29) is 0 Å². The van der Waals surface area contributed by atoms with Crippen molar-refractivity contribution in [3.8, 4) is 0 Å². The van der Waals surface area contributed by atoms with Gasteiger partial charge in [0.25, 0.3) is 0 Å². The number of hydrogen-bond donors (Lipinski definition) is 3. The molecule has 17 heavy (non-hydrogen) atoms. The van der Waals surface area contributed by atoms with E-state index in [0.717, 1.165) is 0 Å². The summed E-state index contributed by atoms with van der Waals surface area (Å²) in [6.07, 6.45) is 0.710. The van der Waals surface area contributed by atoms with Gasteiger partial charge in [-0.1, -0.05) is 13.8 Å². The molecule has 0 aliphatic rings. The Morgan fingerprint density at radius 2 is 1.94 bits per heavy atom. The van der Waals surface area contributed by atoms with E-state index in [1.807, 2.05) is 0 Å². The number of carbonyl (C=O) groups excluding carboxylic acids is 1. The second-order valence-electron chi connectivity index (χ2n) is 4.28. The number of carbonyl (C=O) groups is 2. The molecule has 0 aromatic heterocycles. The quantitative estimate of drug-likeness (QED) is 0.553. The van der Waals surface area contributed by atoms with Crippen molar-refractivity contribution in [1.82, 2.24) is 10.6 Å². The molecule has 3 N–H and O–H groups in total. The molecule has 6 heteroatoms. The molecule has 0 saturated heterocycles. The average molecular weight is 246 g/mol. The molecule has 0 saturated carbocycles. The number of carboxylic acids is 1. The molecule has 0 aliphatic carbocycles. The van der Waals surface area contributed by atoms with Crippen molar-refractivity contribution in [2.75, 3.05) is 19.8 Å². The first-order valence-electron chi connectivity index (χ1n) is 5.78. The Bertz CT molecular complexity index is 244. The Balaban J connectivity index is 3.43. The first kappa shape index (κ1) is 15.7. The summed E-state index contributed by atoms with van der Waals surface area (Å²) in [7, 11) is 0. The van der Waals surface area contributed by atoms with E-state index in [2.05, 4.69) is 24.5 Å². The minimum absolute atomic E-state index is 0.469. The average Bonchev–Trinajstić information content (AvgIpc) is 2.22. The van der Waals surface area contributed by atoms with Crippen LogP contribution in [0.5, 0.6) is 0 Å². The molecule has 2 amide bonds. The maximum atomic E-state index is 11.2. The lowest BCUT2D eigenvalue weighted by molar-refractivity contribution is -0.138. The van der Waals surface area contributed by atoms with Gasteiger partial charge in [-0.05, 0) is 19.3 Å². The number of carboxylic acid groups (broad SMARTS) is 1. The minimum Gasteiger partial charge on any atom is -0.480 e. The van der Waals surface area contributed by atoms with E-state index in [1.54, 1.807) is 0 Å². The van der Waals surface area contributed by atoms with Crippen LogP contribution in [0.4, 0.5) is 4.79 Å². The van der Waals surface area contributed by atoms with Crippen LogP contribution in [-0.2, 0) is 9.53 Å². The molecule has 1 unspecified atom stereocenters. The normalized spacial score (nSPS) is 12.2. The van der Waals surface area contributed by atoms with Crippen LogP contribution in [0.25, 0.3) is 0 Å². The Morgan fingerprint density at radius 1 is 1.29 bits per heavy atom. The second-order valence-corrected chi connectivity index (χ2v) is 4.28. The van der Waals surface area contributed by atoms with Crippen LogP contribution in [0.1, 0.15) is 27.2 Å². The number of ether oxygens (including phenoxy) is 1. The molecule has 0 fully saturated rings. The summed E-state index contributed by atoms with van der Waals surface area (Å²) < 4.78 is 5.33. The second kappa shape index (κ2) is 8.81. The molecule has 0 bridgehead atoms. The highest BCUT2D eigenvalue weighted by molar-refractivity contribution is 5.82. The molecule has 1 atom stereocenters. The number of amides is 2. The van der Waals surface area contributed by atoms with Crippen molar-refractivity contribution in [1.29, 1.82) is 0 Å². The lowest BCUT2D eigenvalue weighted by Gasteiger charge is -2.11. The lowest BCUT2D eigenvalue weighted by Crippen LogP contribution is -2.44. The summed E-state index contributed by atoms with van der Waals surface area (Å²) in [6, 6.07) is -1.35. The highest BCUT2D eigenvalue weighted by atomic mass is 16.5. The fourth-order valence-electron chi connectivity index (χ4n) is 1.00. The fraction of sp³-hybridized carbons (Fsp3) is 0.818. The van der Waals surface area contributed by atoms with Crippen molar-refractivity contribution >= 4 is 12.0 Å². The van der Waals surface area contributed by atoms with Gasteiger partial charge in [-0.2, -0.15) is 0 Å². The summed E-state index contributed by atoms with van der Waals surface area (Å²) in [5, 5.41) is 13.4. The van der Waals surface area contributed by atoms with Crippen molar-refractivity contribution in [3.63, 3.8) is 0 Å². The molecule has 0 rings (SSSR count). The summed E-state index contributed by atoms with van der Waals surface area (Å²) >= 11 is 0. The molecule has 0 aliphatic heterocycles. The van der Waals surface area contributed by atoms with Crippen LogP contribution in [0.3, 0.4) is 0 Å². The highest BCUT2D eigenvalue weighted by Crippen LogP contribution is 1.92. The van der Waals surface area contributed by atoms with Crippen molar-refractivity contribution in [3.05, 3.63) is 0 Å². The van der Waals surface area contributed by atoms with E-state index in [9.17, 15) is 9.59 Å². The zero-order valence-corrected chi connectivity index (χ0v) is 10.7. The van der Waals surface area contributed by atoms with E-state index in [1.165, 1.54) is 6.92 Å². The third kappa shape index (κ3) is 9.62. The number of aliphatic carboxylic acids is 1. The molecular formula is C11H22N2O4. The van der Waals surface area contributed by atoms with Gasteiger partial charge in [-0.3, -0.25) is 4.79 Å². The maximum Gasteiger partial charge on any atom is 0.325 e. The fourth-order valence-corrected chi connectivity index (χ4v) is 1.00. The standard InChI is InChI=1S/C11H22N2O4/c1-8(2)7-17-6-4-5-12-11(16)13-9(3)10(14)15/h8-9H,4-7H2,1-3H3,(H,14,15)(H2,12,13,16). The number of nitrogens with one attached hydrogen (secondary N) is 2. The van der Waals surface area contributed by atoms with Gasteiger partial charge in [0.2, 0.25) is 0 Å². The molecular weight excluding hydrogens is 224 g/mol. The molecule has 0 aromatic rings. The van der Waals surface area contributed by atoms with Crippen LogP contribution in [0.15, 0.2) is 0 Å². The van der Waals surface area contributed by atoms with Crippen LogP contribution in [-0.4, -0.2) is 42.9 Å². The van der Waals surface area contributed by atoms with Crippen LogP contribution in [0, 0.1) is 5.92 Å². The maximum absolute atomic E-state index is 11.2. The monoisotopic (exact) mass is 246 g/mol. The predicted molar refractivity (Wildman–Crippen MR) is 63.9 cm³/mol. The largest absolute Gasteiger partial charge is 0.480 e. The SMILES string of the molecule is CC(C)COCCCNC(=O)NC(C)C(=O)O. The molecule has 0 heterocycles. The molecule has 6 nitrogen and oxygen atoms in total. The van der Waals surface area contributed by atoms with Gasteiger partial charge in [0.1, 0.15) is 6.04 Å². The Hall–Kier alpha value is -1.30. The Kier molecular flexibility index (Phi) is 8.13. The topological polar surface area (TPSA) is 87.7 Å². The third-order valence-electron chi connectivity index (χ3n) is 1.92. The van der Waals surface area contributed by atoms with E-state index in [0.29, 0.717) is 32.1 Å². The van der Waals surface area contributed by atoms with Gasteiger partial charge in [-0.15, -0.1) is 0 Å². The van der Waals surface area contributed by atoms with Crippen LogP contribution < -0.4 is 10.6 Å². The lowest BCUT2D eigenvalue weighted by atomic mass is 10.2. The van der Waals surface area contributed by atoms with Gasteiger partial charge < -0.3 is 20.5 Å². The van der Waals surface area contributed by atoms with Crippen molar-refractivity contribution in [2.45, 2.75) is 33.2 Å². The zero-order valence-electron chi connectivity index (χ0n) is 10.7. The van der Waals surface area contributed by atoms with Gasteiger partial charge in [0.15, 0.2) is 0 Å². The molecule has 100 valence electrons. The smallest absolute Gasteiger partial charge is 0.325 e. The number of urea groups is 1. The first-order valence-corrected chi connectivity index (χ1v) is 5.78. The van der Waals surface area contributed by atoms with Crippen LogP contribution >= 0.6 is 0 Å². The number of hydrogen-bond acceptors (Lipinski definition) is 3. The summed E-state index contributed by atoms with van der Waals surface area (Å²) in [4.78, 5) is 21.6. The first-order chi connectivity index (χ1) is 7.93. The zero-order chi connectivity index (χ0) is 13.3. The molecule has 0 aromatic carbocycles. The third-order valence-corrected chi connectivity index (χ3v) is 1.92. The van der Waals surface area contributed by atoms with Gasteiger partial charge in [-0.25, -0.2) is 4.79 Å². The van der Waals surface area contributed by atoms with Crippen LogP contribution in [0.2, 0.25) is 0 Å². The predicted octanol–water partition coefficient (Wildman–Crippen LogP) is 0.821. The van der Waals surface area contributed by atoms with Gasteiger partial charge in [0.05, 0.1) is 0 Å². The summed E-state index contributed by atoms with van der Waals surface area (Å²) in [5.41, 5.74) is 0. The molecule has 0 radical (unpaired) electrons. The Morgan fingerprint density at radius 3 is 2.47 bits per heavy atom. The summed E-state index contributed by atoms with van der Waals surface area (Å²) in [5.74, 6) is -0.553. The van der Waals surface area contributed by atoms with Gasteiger partial charge >= 0.3 is 12.0 Å². The van der Waals surface area contributed by atoms with Gasteiger partial charge in [0, 0.05) is 19.8 Å². The number of rotatable bonds is 8. The minimum atomic E-state index is -1.06. The van der Waals surface area contributed by atoms with E-state index >= 15 is 0 Å². The van der Waals surface area contributed by atoms with E-state index in [4.69, 9.17) is 9.84 Å².